The number of thiazole rings is 1. The van der Waals surface area contributed by atoms with Crippen molar-refractivity contribution in [2.75, 3.05) is 6.61 Å². The van der Waals surface area contributed by atoms with Crippen LogP contribution in [0.25, 0.3) is 0 Å². The van der Waals surface area contributed by atoms with Crippen LogP contribution in [0.3, 0.4) is 0 Å². The quantitative estimate of drug-likeness (QED) is 0.930. The topological polar surface area (TPSA) is 34.1 Å². The van der Waals surface area contributed by atoms with E-state index >= 15 is 0 Å². The molecule has 0 amide bonds. The Bertz CT molecular complexity index is 526. The largest absolute Gasteiger partial charge is 0.372 e. The SMILES string of the molecule is Cc1csc(CNC2CCOC2c2ccccc2)n1. The first-order valence-electron chi connectivity index (χ1n) is 6.64. The second kappa shape index (κ2) is 5.82. The number of ether oxygens (including phenoxy) is 1. The van der Waals surface area contributed by atoms with Gasteiger partial charge in [-0.15, -0.1) is 11.3 Å². The summed E-state index contributed by atoms with van der Waals surface area (Å²) in [4.78, 5) is 4.48. The lowest BCUT2D eigenvalue weighted by Gasteiger charge is -2.19. The molecule has 0 spiro atoms. The molecule has 1 saturated heterocycles. The molecule has 2 aromatic rings. The summed E-state index contributed by atoms with van der Waals surface area (Å²) in [5.41, 5.74) is 2.36. The molecule has 0 saturated carbocycles. The van der Waals surface area contributed by atoms with Gasteiger partial charge in [0.05, 0.1) is 6.10 Å². The van der Waals surface area contributed by atoms with Gasteiger partial charge in [-0.2, -0.15) is 0 Å². The number of nitrogens with zero attached hydrogens (tertiary/aromatic N) is 1. The maximum absolute atomic E-state index is 5.87. The minimum absolute atomic E-state index is 0.169. The van der Waals surface area contributed by atoms with E-state index in [1.54, 1.807) is 11.3 Å². The van der Waals surface area contributed by atoms with Crippen LogP contribution in [0.1, 0.15) is 28.8 Å². The molecule has 1 aliphatic heterocycles. The normalized spacial score (nSPS) is 22.8. The lowest BCUT2D eigenvalue weighted by molar-refractivity contribution is 0.0985. The van der Waals surface area contributed by atoms with Crippen molar-refractivity contribution >= 4 is 11.3 Å². The molecule has 0 aliphatic carbocycles. The molecule has 19 heavy (non-hydrogen) atoms. The van der Waals surface area contributed by atoms with Crippen molar-refractivity contribution in [3.05, 3.63) is 52.0 Å². The van der Waals surface area contributed by atoms with E-state index in [4.69, 9.17) is 4.74 Å². The Balaban J connectivity index is 1.64. The molecule has 1 aliphatic rings. The van der Waals surface area contributed by atoms with E-state index in [2.05, 4.69) is 39.9 Å². The van der Waals surface area contributed by atoms with Gasteiger partial charge < -0.3 is 10.1 Å². The molecular formula is C15H18N2OS. The van der Waals surface area contributed by atoms with E-state index in [0.29, 0.717) is 6.04 Å². The van der Waals surface area contributed by atoms with Gasteiger partial charge in [-0.25, -0.2) is 4.98 Å². The first kappa shape index (κ1) is 12.8. The third-order valence-corrected chi connectivity index (χ3v) is 4.37. The maximum Gasteiger partial charge on any atom is 0.107 e. The number of hydrogen-bond donors (Lipinski definition) is 1. The molecule has 3 rings (SSSR count). The Kier molecular flexibility index (Phi) is 3.92. The number of aryl methyl sites for hydroxylation is 1. The van der Waals surface area contributed by atoms with E-state index in [1.165, 1.54) is 5.56 Å². The van der Waals surface area contributed by atoms with Gasteiger partial charge in [0.15, 0.2) is 0 Å². The molecule has 1 aromatic heterocycles. The lowest BCUT2D eigenvalue weighted by atomic mass is 10.0. The highest BCUT2D eigenvalue weighted by Crippen LogP contribution is 2.29. The number of benzene rings is 1. The second-order valence-electron chi connectivity index (χ2n) is 4.86. The fourth-order valence-corrected chi connectivity index (χ4v) is 3.19. The Morgan fingerprint density at radius 1 is 1.37 bits per heavy atom. The Labute approximate surface area is 117 Å². The van der Waals surface area contributed by atoms with Crippen LogP contribution in [-0.4, -0.2) is 17.6 Å². The van der Waals surface area contributed by atoms with E-state index in [-0.39, 0.29) is 6.10 Å². The highest BCUT2D eigenvalue weighted by molar-refractivity contribution is 7.09. The van der Waals surface area contributed by atoms with Crippen molar-refractivity contribution in [3.8, 4) is 0 Å². The van der Waals surface area contributed by atoms with Crippen LogP contribution in [0, 0.1) is 6.92 Å². The summed E-state index contributed by atoms with van der Waals surface area (Å²) in [7, 11) is 0. The third kappa shape index (κ3) is 3.03. The van der Waals surface area contributed by atoms with Crippen LogP contribution >= 0.6 is 11.3 Å². The van der Waals surface area contributed by atoms with Gasteiger partial charge in [0, 0.05) is 30.3 Å². The Morgan fingerprint density at radius 2 is 2.21 bits per heavy atom. The molecular weight excluding hydrogens is 256 g/mol. The fourth-order valence-electron chi connectivity index (χ4n) is 2.47. The van der Waals surface area contributed by atoms with Crippen LogP contribution in [0.2, 0.25) is 0 Å². The zero-order chi connectivity index (χ0) is 13.1. The van der Waals surface area contributed by atoms with Gasteiger partial charge in [0.2, 0.25) is 0 Å². The molecule has 0 bridgehead atoms. The molecule has 2 heterocycles. The smallest absolute Gasteiger partial charge is 0.107 e. The average Bonchev–Trinajstić information content (AvgIpc) is 3.06. The van der Waals surface area contributed by atoms with Crippen LogP contribution in [0.5, 0.6) is 0 Å². The molecule has 1 fully saturated rings. The summed E-state index contributed by atoms with van der Waals surface area (Å²) in [6, 6.07) is 10.8. The fraction of sp³-hybridized carbons (Fsp3) is 0.400. The van der Waals surface area contributed by atoms with Crippen molar-refractivity contribution in [1.82, 2.24) is 10.3 Å². The zero-order valence-electron chi connectivity index (χ0n) is 11.0. The van der Waals surface area contributed by atoms with Crippen LogP contribution < -0.4 is 5.32 Å². The summed E-state index contributed by atoms with van der Waals surface area (Å²) in [5, 5.41) is 6.83. The minimum atomic E-state index is 0.169. The standard InChI is InChI=1S/C15H18N2OS/c1-11-10-19-14(17-11)9-16-13-7-8-18-15(13)12-5-3-2-4-6-12/h2-6,10,13,15-16H,7-9H2,1H3. The van der Waals surface area contributed by atoms with Crippen molar-refractivity contribution in [2.24, 2.45) is 0 Å². The molecule has 3 nitrogen and oxygen atoms in total. The number of hydrogen-bond acceptors (Lipinski definition) is 4. The summed E-state index contributed by atoms with van der Waals surface area (Å²) in [6.45, 7) is 3.69. The minimum Gasteiger partial charge on any atom is -0.372 e. The van der Waals surface area contributed by atoms with Crippen molar-refractivity contribution < 1.29 is 4.74 Å². The highest BCUT2D eigenvalue weighted by atomic mass is 32.1. The monoisotopic (exact) mass is 274 g/mol. The van der Waals surface area contributed by atoms with Crippen LogP contribution in [-0.2, 0) is 11.3 Å². The molecule has 4 heteroatoms. The molecule has 0 radical (unpaired) electrons. The molecule has 1 N–H and O–H groups in total. The van der Waals surface area contributed by atoms with Gasteiger partial charge in [-0.1, -0.05) is 30.3 Å². The van der Waals surface area contributed by atoms with Gasteiger partial charge in [-0.05, 0) is 18.9 Å². The van der Waals surface area contributed by atoms with Crippen LogP contribution in [0.15, 0.2) is 35.7 Å². The zero-order valence-corrected chi connectivity index (χ0v) is 11.8. The summed E-state index contributed by atoms with van der Waals surface area (Å²) in [5.74, 6) is 0. The summed E-state index contributed by atoms with van der Waals surface area (Å²) >= 11 is 1.72. The first-order chi connectivity index (χ1) is 9.33. The van der Waals surface area contributed by atoms with Gasteiger partial charge in [-0.3, -0.25) is 0 Å². The predicted molar refractivity (Wildman–Crippen MR) is 77.2 cm³/mol. The lowest BCUT2D eigenvalue weighted by Crippen LogP contribution is -2.31. The van der Waals surface area contributed by atoms with E-state index in [9.17, 15) is 0 Å². The Hall–Kier alpha value is -1.23. The molecule has 1 aromatic carbocycles. The second-order valence-corrected chi connectivity index (χ2v) is 5.80. The number of aromatic nitrogens is 1. The summed E-state index contributed by atoms with van der Waals surface area (Å²) in [6.07, 6.45) is 1.23. The van der Waals surface area contributed by atoms with E-state index in [0.717, 1.165) is 30.3 Å². The van der Waals surface area contributed by atoms with Crippen molar-refractivity contribution in [3.63, 3.8) is 0 Å². The highest BCUT2D eigenvalue weighted by Gasteiger charge is 2.29. The molecule has 2 atom stereocenters. The van der Waals surface area contributed by atoms with Gasteiger partial charge in [0.1, 0.15) is 5.01 Å². The molecule has 2 unspecified atom stereocenters. The number of nitrogens with one attached hydrogen (secondary N) is 1. The Morgan fingerprint density at radius 3 is 2.95 bits per heavy atom. The van der Waals surface area contributed by atoms with Gasteiger partial charge in [0.25, 0.3) is 0 Å². The molecule has 100 valence electrons. The first-order valence-corrected chi connectivity index (χ1v) is 7.52. The van der Waals surface area contributed by atoms with E-state index in [1.807, 2.05) is 13.0 Å². The maximum atomic E-state index is 5.87. The number of rotatable bonds is 4. The third-order valence-electron chi connectivity index (χ3n) is 3.40. The van der Waals surface area contributed by atoms with Crippen molar-refractivity contribution in [2.45, 2.75) is 32.0 Å². The average molecular weight is 274 g/mol. The predicted octanol–water partition coefficient (Wildman–Crippen LogP) is 3.07. The summed E-state index contributed by atoms with van der Waals surface area (Å²) < 4.78 is 5.87. The van der Waals surface area contributed by atoms with Crippen molar-refractivity contribution in [1.29, 1.82) is 0 Å². The van der Waals surface area contributed by atoms with Gasteiger partial charge >= 0.3 is 0 Å². The van der Waals surface area contributed by atoms with E-state index < -0.39 is 0 Å². The van der Waals surface area contributed by atoms with Crippen LogP contribution in [0.4, 0.5) is 0 Å².